The molecule has 0 saturated carbocycles. The molecule has 0 radical (unpaired) electrons. The van der Waals surface area contributed by atoms with Crippen molar-refractivity contribution in [3.63, 3.8) is 0 Å². The molecule has 1 unspecified atom stereocenters. The molecule has 5 nitrogen and oxygen atoms in total. The number of halogens is 1. The number of piperidine rings is 1. The van der Waals surface area contributed by atoms with Crippen molar-refractivity contribution >= 4 is 34.4 Å². The third-order valence-corrected chi connectivity index (χ3v) is 2.77. The van der Waals surface area contributed by atoms with Gasteiger partial charge >= 0.3 is 0 Å². The van der Waals surface area contributed by atoms with Crippen molar-refractivity contribution in [2.75, 3.05) is 11.9 Å². The topological polar surface area (TPSA) is 66.9 Å². The molecule has 1 fully saturated rings. The first kappa shape index (κ1) is 10.6. The number of carbonyl (C=O) groups excluding carboxylic acids is 1. The number of anilines is 1. The van der Waals surface area contributed by atoms with E-state index in [1.165, 1.54) is 0 Å². The van der Waals surface area contributed by atoms with Crippen LogP contribution in [0.2, 0.25) is 0 Å². The summed E-state index contributed by atoms with van der Waals surface area (Å²) in [5.74, 6) is 0.542. The largest absolute Gasteiger partial charge is 0.354 e. The van der Waals surface area contributed by atoms with Gasteiger partial charge in [0, 0.05) is 22.5 Å². The van der Waals surface area contributed by atoms with E-state index in [-0.39, 0.29) is 11.9 Å². The summed E-state index contributed by atoms with van der Waals surface area (Å²) < 4.78 is 0.978. The number of hydrogen-bond acceptors (Lipinski definition) is 4. The van der Waals surface area contributed by atoms with Crippen LogP contribution in [0.1, 0.15) is 12.8 Å². The molecule has 0 aromatic carbocycles. The molecule has 1 aliphatic rings. The van der Waals surface area contributed by atoms with Crippen molar-refractivity contribution < 1.29 is 4.79 Å². The predicted molar refractivity (Wildman–Crippen MR) is 64.4 cm³/mol. The number of nitrogens with one attached hydrogen (secondary N) is 2. The summed E-state index contributed by atoms with van der Waals surface area (Å²) in [5.41, 5.74) is 0. The molecule has 2 N–H and O–H groups in total. The second kappa shape index (κ2) is 4.73. The van der Waals surface area contributed by atoms with E-state index in [9.17, 15) is 4.79 Å². The highest BCUT2D eigenvalue weighted by Crippen LogP contribution is 2.09. The van der Waals surface area contributed by atoms with Gasteiger partial charge in [0.05, 0.1) is 0 Å². The number of rotatable bonds is 2. The molecule has 6 heteroatoms. The van der Waals surface area contributed by atoms with Crippen LogP contribution in [0.3, 0.4) is 0 Å². The van der Waals surface area contributed by atoms with Gasteiger partial charge in [0.25, 0.3) is 0 Å². The highest BCUT2D eigenvalue weighted by Gasteiger charge is 2.22. The average Bonchev–Trinajstić information content (AvgIpc) is 2.25. The zero-order valence-electron chi connectivity index (χ0n) is 8.03. The van der Waals surface area contributed by atoms with Gasteiger partial charge in [0.15, 0.2) is 0 Å². The number of amides is 1. The zero-order chi connectivity index (χ0) is 10.7. The van der Waals surface area contributed by atoms with Crippen molar-refractivity contribution in [2.24, 2.45) is 0 Å². The highest BCUT2D eigenvalue weighted by molar-refractivity contribution is 14.1. The summed E-state index contributed by atoms with van der Waals surface area (Å²) in [6.45, 7) is 0.768. The standard InChI is InChI=1S/C9H11IN4O/c10-6-4-12-9(13-5-6)14-7-2-1-3-11-8(7)15/h4-5,7H,1-3H2,(H,11,15)(H,12,13,14). The lowest BCUT2D eigenvalue weighted by molar-refractivity contribution is -0.123. The Morgan fingerprint density at radius 2 is 2.20 bits per heavy atom. The van der Waals surface area contributed by atoms with E-state index in [0.29, 0.717) is 5.95 Å². The summed E-state index contributed by atoms with van der Waals surface area (Å²) >= 11 is 2.14. The maximum Gasteiger partial charge on any atom is 0.242 e. The molecule has 1 aromatic rings. The number of nitrogens with zero attached hydrogens (tertiary/aromatic N) is 2. The van der Waals surface area contributed by atoms with Crippen molar-refractivity contribution in [2.45, 2.75) is 18.9 Å². The van der Waals surface area contributed by atoms with Crippen LogP contribution < -0.4 is 10.6 Å². The van der Waals surface area contributed by atoms with E-state index in [2.05, 4.69) is 43.2 Å². The molecule has 0 aliphatic carbocycles. The number of hydrogen-bond donors (Lipinski definition) is 2. The van der Waals surface area contributed by atoms with E-state index in [1.807, 2.05) is 0 Å². The summed E-state index contributed by atoms with van der Waals surface area (Å²) in [5, 5.41) is 5.83. The normalized spacial score (nSPS) is 20.9. The van der Waals surface area contributed by atoms with Gasteiger partial charge in [0.2, 0.25) is 11.9 Å². The van der Waals surface area contributed by atoms with Gasteiger partial charge in [-0.3, -0.25) is 4.79 Å². The first-order valence-electron chi connectivity index (χ1n) is 4.77. The minimum absolute atomic E-state index is 0.0309. The summed E-state index contributed by atoms with van der Waals surface area (Å²) in [7, 11) is 0. The Bertz CT molecular complexity index is 354. The zero-order valence-corrected chi connectivity index (χ0v) is 10.2. The van der Waals surface area contributed by atoms with Gasteiger partial charge in [-0.2, -0.15) is 0 Å². The van der Waals surface area contributed by atoms with Gasteiger partial charge in [-0.1, -0.05) is 0 Å². The van der Waals surface area contributed by atoms with Crippen molar-refractivity contribution in [1.29, 1.82) is 0 Å². The Hall–Kier alpha value is -0.920. The lowest BCUT2D eigenvalue weighted by atomic mass is 10.1. The van der Waals surface area contributed by atoms with Gasteiger partial charge in [0.1, 0.15) is 6.04 Å². The van der Waals surface area contributed by atoms with Gasteiger partial charge in [-0.15, -0.1) is 0 Å². The summed E-state index contributed by atoms with van der Waals surface area (Å²) in [6.07, 6.45) is 5.27. The fraction of sp³-hybridized carbons (Fsp3) is 0.444. The minimum Gasteiger partial charge on any atom is -0.354 e. The smallest absolute Gasteiger partial charge is 0.242 e. The van der Waals surface area contributed by atoms with Crippen LogP contribution in [0.4, 0.5) is 5.95 Å². The van der Waals surface area contributed by atoms with Gasteiger partial charge in [-0.25, -0.2) is 9.97 Å². The molecule has 1 atom stereocenters. The first-order valence-corrected chi connectivity index (χ1v) is 5.85. The fourth-order valence-corrected chi connectivity index (χ4v) is 1.73. The van der Waals surface area contributed by atoms with Crippen LogP contribution >= 0.6 is 22.6 Å². The lowest BCUT2D eigenvalue weighted by Crippen LogP contribution is -2.44. The Kier molecular flexibility index (Phi) is 3.34. The van der Waals surface area contributed by atoms with Crippen LogP contribution in [0, 0.1) is 3.57 Å². The van der Waals surface area contributed by atoms with E-state index in [4.69, 9.17) is 0 Å². The Labute approximate surface area is 101 Å². The van der Waals surface area contributed by atoms with Gasteiger partial charge in [-0.05, 0) is 35.4 Å². The molecular weight excluding hydrogens is 307 g/mol. The maximum absolute atomic E-state index is 11.4. The van der Waals surface area contributed by atoms with E-state index >= 15 is 0 Å². The van der Waals surface area contributed by atoms with E-state index in [1.54, 1.807) is 12.4 Å². The summed E-state index contributed by atoms with van der Waals surface area (Å²) in [6, 6.07) is -0.196. The van der Waals surface area contributed by atoms with E-state index < -0.39 is 0 Å². The molecule has 15 heavy (non-hydrogen) atoms. The van der Waals surface area contributed by atoms with Crippen LogP contribution in [0.5, 0.6) is 0 Å². The third kappa shape index (κ3) is 2.77. The van der Waals surface area contributed by atoms with Crippen molar-refractivity contribution in [3.8, 4) is 0 Å². The van der Waals surface area contributed by atoms with E-state index in [0.717, 1.165) is 23.0 Å². The Morgan fingerprint density at radius 1 is 1.47 bits per heavy atom. The first-order chi connectivity index (χ1) is 7.25. The van der Waals surface area contributed by atoms with Crippen LogP contribution in [-0.4, -0.2) is 28.5 Å². The molecule has 0 bridgehead atoms. The van der Waals surface area contributed by atoms with Crippen LogP contribution in [0.15, 0.2) is 12.4 Å². The average molecular weight is 318 g/mol. The Balaban J connectivity index is 2.01. The Morgan fingerprint density at radius 3 is 2.87 bits per heavy atom. The minimum atomic E-state index is -0.196. The molecular formula is C9H11IN4O. The molecule has 1 aliphatic heterocycles. The summed E-state index contributed by atoms with van der Waals surface area (Å²) in [4.78, 5) is 19.6. The quantitative estimate of drug-likeness (QED) is 0.791. The number of carbonyl (C=O) groups is 1. The van der Waals surface area contributed by atoms with Gasteiger partial charge < -0.3 is 10.6 Å². The lowest BCUT2D eigenvalue weighted by Gasteiger charge is -2.22. The SMILES string of the molecule is O=C1NCCCC1Nc1ncc(I)cn1. The number of aromatic nitrogens is 2. The van der Waals surface area contributed by atoms with Crippen LogP contribution in [-0.2, 0) is 4.79 Å². The molecule has 80 valence electrons. The molecule has 2 heterocycles. The molecule has 1 aromatic heterocycles. The second-order valence-corrected chi connectivity index (χ2v) is 4.60. The molecule has 0 spiro atoms. The third-order valence-electron chi connectivity index (χ3n) is 2.21. The molecule has 1 saturated heterocycles. The molecule has 2 rings (SSSR count). The highest BCUT2D eigenvalue weighted by atomic mass is 127. The van der Waals surface area contributed by atoms with Crippen molar-refractivity contribution in [3.05, 3.63) is 16.0 Å². The fourth-order valence-electron chi connectivity index (χ4n) is 1.45. The van der Waals surface area contributed by atoms with Crippen LogP contribution in [0.25, 0.3) is 0 Å². The predicted octanol–water partition coefficient (Wildman–Crippen LogP) is 0.772. The monoisotopic (exact) mass is 318 g/mol. The van der Waals surface area contributed by atoms with Crippen molar-refractivity contribution in [1.82, 2.24) is 15.3 Å². The maximum atomic E-state index is 11.4. The second-order valence-electron chi connectivity index (χ2n) is 3.36. The molecule has 1 amide bonds.